The van der Waals surface area contributed by atoms with E-state index < -0.39 is 5.91 Å². The van der Waals surface area contributed by atoms with Crippen molar-refractivity contribution in [3.05, 3.63) is 42.1 Å². The second-order valence-corrected chi connectivity index (χ2v) is 8.51. The van der Waals surface area contributed by atoms with Gasteiger partial charge in [0.15, 0.2) is 3.95 Å². The van der Waals surface area contributed by atoms with Crippen LogP contribution in [0.15, 0.2) is 27.7 Å². The highest BCUT2D eigenvalue weighted by Crippen LogP contribution is 2.33. The van der Waals surface area contributed by atoms with Crippen molar-refractivity contribution in [2.24, 2.45) is 4.99 Å². The maximum Gasteiger partial charge on any atom is 0.305 e. The van der Waals surface area contributed by atoms with Crippen LogP contribution in [-0.2, 0) is 20.9 Å². The van der Waals surface area contributed by atoms with Crippen molar-refractivity contribution in [2.75, 3.05) is 6.61 Å². The fourth-order valence-corrected chi connectivity index (χ4v) is 4.48. The summed E-state index contributed by atoms with van der Waals surface area (Å²) < 4.78 is 7.84. The fourth-order valence-electron chi connectivity index (χ4n) is 2.73. The zero-order valence-electron chi connectivity index (χ0n) is 14.5. The Balaban J connectivity index is 1.88. The minimum absolute atomic E-state index is 0.0710. The van der Waals surface area contributed by atoms with E-state index in [4.69, 9.17) is 17.0 Å². The van der Waals surface area contributed by atoms with Crippen molar-refractivity contribution in [1.82, 2.24) is 4.57 Å². The standard InChI is InChI=1S/C18H17BrN2O4S2/c1-2-8-25-13(22)4-3-7-21-17(24)15(27-18(21)26)14-11-9-10(19)5-6-12(11)20-16(14)23/h5-6,9,24H,2-4,7-8H2,1H3. The number of fused-ring (bicyclic) bond motifs is 1. The Labute approximate surface area is 172 Å². The third-order valence-electron chi connectivity index (χ3n) is 3.99. The predicted octanol–water partition coefficient (Wildman–Crippen LogP) is 2.84. The van der Waals surface area contributed by atoms with Crippen molar-refractivity contribution in [3.8, 4) is 5.88 Å². The van der Waals surface area contributed by atoms with E-state index in [2.05, 4.69) is 20.9 Å². The van der Waals surface area contributed by atoms with E-state index in [0.29, 0.717) is 44.6 Å². The molecule has 1 aromatic heterocycles. The Morgan fingerprint density at radius 3 is 2.96 bits per heavy atom. The summed E-state index contributed by atoms with van der Waals surface area (Å²) in [4.78, 5) is 28.4. The molecule has 2 aromatic rings. The van der Waals surface area contributed by atoms with Crippen molar-refractivity contribution in [2.45, 2.75) is 32.7 Å². The minimum Gasteiger partial charge on any atom is -0.493 e. The molecule has 0 unspecified atom stereocenters. The van der Waals surface area contributed by atoms with Gasteiger partial charge in [-0.05, 0) is 43.3 Å². The molecule has 27 heavy (non-hydrogen) atoms. The van der Waals surface area contributed by atoms with Gasteiger partial charge in [-0.25, -0.2) is 4.99 Å². The van der Waals surface area contributed by atoms with Gasteiger partial charge in [-0.2, -0.15) is 0 Å². The number of thiazole rings is 1. The lowest BCUT2D eigenvalue weighted by Gasteiger charge is -2.06. The lowest BCUT2D eigenvalue weighted by Crippen LogP contribution is -2.22. The van der Waals surface area contributed by atoms with Crippen LogP contribution < -0.4 is 10.6 Å². The molecule has 1 aliphatic heterocycles. The van der Waals surface area contributed by atoms with E-state index >= 15 is 0 Å². The van der Waals surface area contributed by atoms with Crippen LogP contribution in [-0.4, -0.2) is 28.2 Å². The summed E-state index contributed by atoms with van der Waals surface area (Å²) in [6.45, 7) is 2.71. The maximum absolute atomic E-state index is 12.4. The van der Waals surface area contributed by atoms with Crippen LogP contribution in [0.25, 0.3) is 5.57 Å². The van der Waals surface area contributed by atoms with E-state index in [0.717, 1.165) is 22.2 Å². The second-order valence-electron chi connectivity index (χ2n) is 5.95. The highest BCUT2D eigenvalue weighted by Gasteiger charge is 2.25. The number of hydrogen-bond donors (Lipinski definition) is 1. The summed E-state index contributed by atoms with van der Waals surface area (Å²) in [5, 5.41) is 11.9. The molecule has 3 rings (SSSR count). The number of hydrogen-bond acceptors (Lipinski definition) is 6. The first kappa shape index (κ1) is 19.9. The zero-order valence-corrected chi connectivity index (χ0v) is 17.7. The van der Waals surface area contributed by atoms with Gasteiger partial charge in [0.2, 0.25) is 5.88 Å². The normalized spacial score (nSPS) is 12.8. The third kappa shape index (κ3) is 4.20. The van der Waals surface area contributed by atoms with E-state index in [-0.39, 0.29) is 18.3 Å². The first-order valence-electron chi connectivity index (χ1n) is 8.44. The summed E-state index contributed by atoms with van der Waals surface area (Å²) >= 11 is 9.90. The van der Waals surface area contributed by atoms with Gasteiger partial charge in [0, 0.05) is 22.7 Å². The number of esters is 1. The van der Waals surface area contributed by atoms with E-state index in [1.54, 1.807) is 16.7 Å². The van der Waals surface area contributed by atoms with Crippen LogP contribution >= 0.6 is 39.5 Å². The first-order valence-corrected chi connectivity index (χ1v) is 10.5. The summed E-state index contributed by atoms with van der Waals surface area (Å²) in [5.41, 5.74) is 0.348. The molecule has 0 radical (unpaired) electrons. The van der Waals surface area contributed by atoms with Gasteiger partial charge in [-0.3, -0.25) is 14.2 Å². The van der Waals surface area contributed by atoms with Gasteiger partial charge >= 0.3 is 5.97 Å². The largest absolute Gasteiger partial charge is 0.493 e. The molecular weight excluding hydrogens is 452 g/mol. The van der Waals surface area contributed by atoms with Crippen molar-refractivity contribution in [3.63, 3.8) is 0 Å². The Hall–Kier alpha value is -1.84. The van der Waals surface area contributed by atoms with Crippen molar-refractivity contribution < 1.29 is 19.4 Å². The zero-order chi connectivity index (χ0) is 19.6. The molecule has 6 nitrogen and oxygen atoms in total. The number of rotatable bonds is 7. The Kier molecular flexibility index (Phi) is 6.23. The number of aromatic nitrogens is 1. The Bertz CT molecular complexity index is 1090. The summed E-state index contributed by atoms with van der Waals surface area (Å²) in [6, 6.07) is 5.36. The first-order chi connectivity index (χ1) is 12.9. The average molecular weight is 469 g/mol. The highest BCUT2D eigenvalue weighted by molar-refractivity contribution is 9.10. The molecule has 0 saturated heterocycles. The van der Waals surface area contributed by atoms with Gasteiger partial charge in [0.05, 0.1) is 17.5 Å². The molecule has 9 heteroatoms. The summed E-state index contributed by atoms with van der Waals surface area (Å²) in [5.74, 6) is -0.737. The lowest BCUT2D eigenvalue weighted by atomic mass is 10.1. The summed E-state index contributed by atoms with van der Waals surface area (Å²) in [6.07, 6.45) is 1.50. The maximum atomic E-state index is 12.4. The number of benzene rings is 1. The third-order valence-corrected chi connectivity index (χ3v) is 5.94. The van der Waals surface area contributed by atoms with E-state index in [9.17, 15) is 14.7 Å². The lowest BCUT2D eigenvalue weighted by molar-refractivity contribution is -0.143. The molecule has 2 heterocycles. The van der Waals surface area contributed by atoms with Crippen LogP contribution in [0, 0.1) is 3.95 Å². The van der Waals surface area contributed by atoms with Crippen LogP contribution in [0.3, 0.4) is 0 Å². The molecule has 1 N–H and O–H groups in total. The number of halogens is 1. The molecule has 0 aliphatic carbocycles. The van der Waals surface area contributed by atoms with E-state index in [1.165, 1.54) is 0 Å². The predicted molar refractivity (Wildman–Crippen MR) is 108 cm³/mol. The second kappa shape index (κ2) is 8.45. The highest BCUT2D eigenvalue weighted by atomic mass is 79.9. The molecule has 0 bridgehead atoms. The van der Waals surface area contributed by atoms with Gasteiger partial charge in [0.1, 0.15) is 4.88 Å². The number of amides is 1. The fraction of sp³-hybridized carbons (Fsp3) is 0.333. The number of carbonyl (C=O) groups excluding carboxylic acids is 2. The molecule has 0 fully saturated rings. The quantitative estimate of drug-likeness (QED) is 0.499. The average Bonchev–Trinajstić information content (AvgIpc) is 3.09. The van der Waals surface area contributed by atoms with Gasteiger partial charge in [0.25, 0.3) is 5.91 Å². The summed E-state index contributed by atoms with van der Waals surface area (Å²) in [7, 11) is 0. The molecule has 1 amide bonds. The van der Waals surface area contributed by atoms with Crippen molar-refractivity contribution >= 4 is 56.9 Å². The topological polar surface area (TPSA) is 80.9 Å². The van der Waals surface area contributed by atoms with Gasteiger partial charge in [-0.1, -0.05) is 22.9 Å². The number of carbonyl (C=O) groups is 2. The van der Waals surface area contributed by atoms with Gasteiger partial charge < -0.3 is 9.84 Å². The molecule has 1 aromatic carbocycles. The Morgan fingerprint density at radius 1 is 1.44 bits per heavy atom. The van der Waals surface area contributed by atoms with Crippen LogP contribution in [0.1, 0.15) is 31.1 Å². The van der Waals surface area contributed by atoms with Crippen molar-refractivity contribution in [1.29, 1.82) is 0 Å². The van der Waals surface area contributed by atoms with Gasteiger partial charge in [-0.15, -0.1) is 11.3 Å². The molecule has 1 aliphatic rings. The van der Waals surface area contributed by atoms with Crippen LogP contribution in [0.2, 0.25) is 0 Å². The Morgan fingerprint density at radius 2 is 2.22 bits per heavy atom. The molecule has 0 saturated carbocycles. The van der Waals surface area contributed by atoms with E-state index in [1.807, 2.05) is 13.0 Å². The molecule has 0 spiro atoms. The molecule has 0 atom stereocenters. The SMILES string of the molecule is CCCOC(=O)CCCn1c(O)c(C2=c3cc(Br)ccc3=NC2=O)sc1=S. The van der Waals surface area contributed by atoms with Crippen LogP contribution in [0.5, 0.6) is 5.88 Å². The number of nitrogens with zero attached hydrogens (tertiary/aromatic N) is 2. The molecule has 142 valence electrons. The van der Waals surface area contributed by atoms with Crippen LogP contribution in [0.4, 0.5) is 0 Å². The minimum atomic E-state index is -0.398. The monoisotopic (exact) mass is 468 g/mol. The smallest absolute Gasteiger partial charge is 0.305 e. The number of ether oxygens (including phenoxy) is 1. The molecular formula is C18H17BrN2O4S2. The number of aromatic hydroxyl groups is 1.